The van der Waals surface area contributed by atoms with E-state index in [9.17, 15) is 13.2 Å². The Kier molecular flexibility index (Phi) is 4.87. The summed E-state index contributed by atoms with van der Waals surface area (Å²) in [7, 11) is 1.68. The minimum atomic E-state index is -4.39. The van der Waals surface area contributed by atoms with Crippen LogP contribution in [-0.4, -0.2) is 12.0 Å². The molecule has 0 spiro atoms. The molecule has 0 unspecified atom stereocenters. The van der Waals surface area contributed by atoms with Gasteiger partial charge in [0.15, 0.2) is 0 Å². The predicted octanol–water partition coefficient (Wildman–Crippen LogP) is 4.34. The number of alkyl halides is 3. The first-order chi connectivity index (χ1) is 10.3. The highest BCUT2D eigenvalue weighted by Crippen LogP contribution is 2.30. The van der Waals surface area contributed by atoms with Gasteiger partial charge in [-0.3, -0.25) is 4.98 Å². The molecule has 1 heterocycles. The number of hydrazine groups is 1. The van der Waals surface area contributed by atoms with Gasteiger partial charge in [0.1, 0.15) is 0 Å². The fourth-order valence-electron chi connectivity index (χ4n) is 1.88. The third-order valence-corrected chi connectivity index (χ3v) is 3.63. The van der Waals surface area contributed by atoms with E-state index in [-0.39, 0.29) is 5.69 Å². The van der Waals surface area contributed by atoms with Crippen LogP contribution in [0.15, 0.2) is 41.0 Å². The van der Waals surface area contributed by atoms with E-state index in [0.717, 1.165) is 34.1 Å². The van der Waals surface area contributed by atoms with E-state index in [1.54, 1.807) is 13.1 Å². The number of rotatable bonds is 3. The number of nitrogens with two attached hydrogens (primary N) is 1. The van der Waals surface area contributed by atoms with E-state index in [4.69, 9.17) is 5.84 Å². The Bertz CT molecular complexity index is 697. The normalized spacial score (nSPS) is 11.9. The van der Waals surface area contributed by atoms with Crippen LogP contribution >= 0.6 is 15.9 Å². The van der Waals surface area contributed by atoms with Crippen LogP contribution < -0.4 is 10.9 Å². The zero-order valence-electron chi connectivity index (χ0n) is 11.6. The molecule has 22 heavy (non-hydrogen) atoms. The molecule has 0 amide bonds. The Balaban J connectivity index is 2.38. The summed E-state index contributed by atoms with van der Waals surface area (Å²) in [6, 6.07) is 7.40. The number of halogens is 4. The number of anilines is 1. The summed E-state index contributed by atoms with van der Waals surface area (Å²) in [4.78, 5) is 3.93. The Labute approximate surface area is 134 Å². The first-order valence-corrected chi connectivity index (χ1v) is 7.06. The van der Waals surface area contributed by atoms with E-state index in [0.29, 0.717) is 0 Å². The lowest BCUT2D eigenvalue weighted by atomic mass is 10.1. The highest BCUT2D eigenvalue weighted by molar-refractivity contribution is 9.10. The van der Waals surface area contributed by atoms with Gasteiger partial charge in [-0.15, -0.1) is 0 Å². The van der Waals surface area contributed by atoms with Crippen molar-refractivity contribution in [3.63, 3.8) is 0 Å². The second kappa shape index (κ2) is 6.50. The zero-order valence-corrected chi connectivity index (χ0v) is 13.2. The summed E-state index contributed by atoms with van der Waals surface area (Å²) in [6.45, 7) is 0. The number of pyridine rings is 1. The van der Waals surface area contributed by atoms with Crippen LogP contribution in [0.2, 0.25) is 0 Å². The van der Waals surface area contributed by atoms with Gasteiger partial charge in [-0.25, -0.2) is 5.84 Å². The number of aromatic nitrogens is 1. The number of hydrogen-bond donors (Lipinski definition) is 1. The molecular weight excluding hydrogens is 359 g/mol. The van der Waals surface area contributed by atoms with Gasteiger partial charge in [0.2, 0.25) is 0 Å². The molecule has 0 radical (unpaired) electrons. The molecular formula is C15H13BrF3N3. The van der Waals surface area contributed by atoms with Crippen LogP contribution in [0.4, 0.5) is 18.9 Å². The lowest BCUT2D eigenvalue weighted by Crippen LogP contribution is -2.25. The monoisotopic (exact) mass is 371 g/mol. The van der Waals surface area contributed by atoms with Crippen LogP contribution in [0.25, 0.3) is 12.2 Å². The molecule has 0 aliphatic carbocycles. The van der Waals surface area contributed by atoms with Gasteiger partial charge in [0.05, 0.1) is 16.9 Å². The topological polar surface area (TPSA) is 42.1 Å². The lowest BCUT2D eigenvalue weighted by Gasteiger charge is -2.16. The third-order valence-electron chi connectivity index (χ3n) is 2.94. The van der Waals surface area contributed by atoms with Crippen molar-refractivity contribution >= 4 is 33.8 Å². The van der Waals surface area contributed by atoms with Crippen molar-refractivity contribution < 1.29 is 13.2 Å². The average Bonchev–Trinajstić information content (AvgIpc) is 2.45. The quantitative estimate of drug-likeness (QED) is 0.644. The van der Waals surface area contributed by atoms with Gasteiger partial charge in [-0.1, -0.05) is 22.0 Å². The average molecular weight is 372 g/mol. The Morgan fingerprint density at radius 3 is 2.59 bits per heavy atom. The smallest absolute Gasteiger partial charge is 0.313 e. The highest BCUT2D eigenvalue weighted by atomic mass is 79.9. The van der Waals surface area contributed by atoms with Crippen molar-refractivity contribution in [2.24, 2.45) is 5.84 Å². The molecule has 2 aromatic rings. The number of benzene rings is 1. The highest BCUT2D eigenvalue weighted by Gasteiger charge is 2.30. The van der Waals surface area contributed by atoms with Crippen LogP contribution in [0.5, 0.6) is 0 Å². The van der Waals surface area contributed by atoms with Crippen LogP contribution in [-0.2, 0) is 6.18 Å². The van der Waals surface area contributed by atoms with E-state index >= 15 is 0 Å². The molecule has 1 aromatic carbocycles. The minimum absolute atomic E-state index is 0.219. The van der Waals surface area contributed by atoms with Crippen molar-refractivity contribution in [1.82, 2.24) is 4.98 Å². The summed E-state index contributed by atoms with van der Waals surface area (Å²) in [5, 5.41) is 1.43. The summed E-state index contributed by atoms with van der Waals surface area (Å²) >= 11 is 3.40. The standard InChI is InChI=1S/C15H13BrF3N3/c1-22(20)14-4-2-3-13(16)12(14)6-5-11-9-10(7-8-21-11)15(17,18)19/h2-9H,20H2,1H3/b6-5+. The second-order valence-corrected chi connectivity index (χ2v) is 5.44. The number of nitrogens with zero attached hydrogens (tertiary/aromatic N) is 2. The van der Waals surface area contributed by atoms with Gasteiger partial charge < -0.3 is 5.01 Å². The molecule has 7 heteroatoms. The largest absolute Gasteiger partial charge is 0.416 e. The van der Waals surface area contributed by atoms with Crippen molar-refractivity contribution in [1.29, 1.82) is 0 Å². The molecule has 0 bridgehead atoms. The molecule has 1 aromatic heterocycles. The Morgan fingerprint density at radius 1 is 1.23 bits per heavy atom. The molecule has 0 aliphatic rings. The van der Waals surface area contributed by atoms with Crippen molar-refractivity contribution in [2.45, 2.75) is 6.18 Å². The van der Waals surface area contributed by atoms with Gasteiger partial charge in [0.25, 0.3) is 0 Å². The molecule has 0 fully saturated rings. The summed E-state index contributed by atoms with van der Waals surface area (Å²) in [6.07, 6.45) is -0.0619. The van der Waals surface area contributed by atoms with E-state index < -0.39 is 11.7 Å². The fraction of sp³-hybridized carbons (Fsp3) is 0.133. The summed E-state index contributed by atoms with van der Waals surface area (Å²) < 4.78 is 38.8. The maximum Gasteiger partial charge on any atom is 0.416 e. The van der Waals surface area contributed by atoms with Crippen LogP contribution in [0, 0.1) is 0 Å². The number of hydrogen-bond acceptors (Lipinski definition) is 3. The predicted molar refractivity (Wildman–Crippen MR) is 84.9 cm³/mol. The van der Waals surface area contributed by atoms with Gasteiger partial charge >= 0.3 is 6.18 Å². The molecule has 2 N–H and O–H groups in total. The van der Waals surface area contributed by atoms with E-state index in [1.165, 1.54) is 11.1 Å². The maximum atomic E-state index is 12.7. The van der Waals surface area contributed by atoms with Crippen molar-refractivity contribution in [3.05, 3.63) is 57.8 Å². The first-order valence-electron chi connectivity index (χ1n) is 6.27. The zero-order chi connectivity index (χ0) is 16.3. The third kappa shape index (κ3) is 3.86. The van der Waals surface area contributed by atoms with Crippen molar-refractivity contribution in [3.8, 4) is 0 Å². The van der Waals surface area contributed by atoms with Crippen molar-refractivity contribution in [2.75, 3.05) is 12.1 Å². The maximum absolute atomic E-state index is 12.7. The molecule has 0 saturated heterocycles. The molecule has 116 valence electrons. The van der Waals surface area contributed by atoms with E-state index in [2.05, 4.69) is 20.9 Å². The van der Waals surface area contributed by atoms with Gasteiger partial charge in [-0.2, -0.15) is 13.2 Å². The first kappa shape index (κ1) is 16.5. The van der Waals surface area contributed by atoms with E-state index in [1.807, 2.05) is 18.2 Å². The molecule has 3 nitrogen and oxygen atoms in total. The Morgan fingerprint density at radius 2 is 1.95 bits per heavy atom. The molecule has 0 saturated carbocycles. The molecule has 0 atom stereocenters. The lowest BCUT2D eigenvalue weighted by molar-refractivity contribution is -0.137. The van der Waals surface area contributed by atoms with Crippen LogP contribution in [0.1, 0.15) is 16.8 Å². The minimum Gasteiger partial charge on any atom is -0.313 e. The van der Waals surface area contributed by atoms with Crippen LogP contribution in [0.3, 0.4) is 0 Å². The summed E-state index contributed by atoms with van der Waals surface area (Å²) in [5.74, 6) is 5.75. The second-order valence-electron chi connectivity index (χ2n) is 4.58. The SMILES string of the molecule is CN(N)c1cccc(Br)c1/C=C/c1cc(C(F)(F)F)ccn1. The Hall–Kier alpha value is -1.86. The summed E-state index contributed by atoms with van der Waals surface area (Å²) in [5.41, 5.74) is 0.978. The molecule has 2 rings (SSSR count). The fourth-order valence-corrected chi connectivity index (χ4v) is 2.37. The van der Waals surface area contributed by atoms with Gasteiger partial charge in [-0.05, 0) is 36.4 Å². The van der Waals surface area contributed by atoms with Gasteiger partial charge in [0, 0.05) is 23.3 Å². The molecule has 0 aliphatic heterocycles.